The minimum atomic E-state index is -0.462. The number of aryl methyl sites for hydroxylation is 2. The van der Waals surface area contributed by atoms with Crippen LogP contribution in [0.5, 0.6) is 0 Å². The van der Waals surface area contributed by atoms with Crippen LogP contribution in [0.4, 0.5) is 0 Å². The average molecular weight is 293 g/mol. The molecule has 0 spiro atoms. The second kappa shape index (κ2) is 7.46. The van der Waals surface area contributed by atoms with E-state index in [-0.39, 0.29) is 0 Å². The van der Waals surface area contributed by atoms with E-state index in [1.807, 2.05) is 37.6 Å². The number of hydrogen-bond acceptors (Lipinski definition) is 2. The molecule has 0 amide bonds. The van der Waals surface area contributed by atoms with E-state index in [1.165, 1.54) is 0 Å². The summed E-state index contributed by atoms with van der Waals surface area (Å²) in [5.41, 5.74) is 1.96. The lowest BCUT2D eigenvalue weighted by Gasteiger charge is -2.13. The molecule has 1 N–H and O–H groups in total. The molecule has 3 nitrogen and oxygen atoms in total. The number of nitrogens with zero attached hydrogens (tertiary/aromatic N) is 2. The molecule has 108 valence electrons. The van der Waals surface area contributed by atoms with Crippen LogP contribution in [0.15, 0.2) is 36.9 Å². The third-order valence-corrected chi connectivity index (χ3v) is 3.80. The summed E-state index contributed by atoms with van der Waals surface area (Å²) >= 11 is 6.16. The number of unbranched alkanes of at least 4 members (excludes halogenated alkanes) is 2. The molecule has 1 atom stereocenters. The lowest BCUT2D eigenvalue weighted by molar-refractivity contribution is 0.163. The van der Waals surface area contributed by atoms with Crippen molar-refractivity contribution in [3.05, 3.63) is 53.1 Å². The Labute approximate surface area is 125 Å². The smallest absolute Gasteiger partial charge is 0.0945 e. The van der Waals surface area contributed by atoms with Gasteiger partial charge in [-0.3, -0.25) is 0 Å². The first-order chi connectivity index (χ1) is 9.66. The maximum absolute atomic E-state index is 10.2. The summed E-state index contributed by atoms with van der Waals surface area (Å²) in [5, 5.41) is 10.8. The highest BCUT2D eigenvalue weighted by atomic mass is 35.5. The highest BCUT2D eigenvalue weighted by Gasteiger charge is 2.11. The molecule has 0 fully saturated rings. The van der Waals surface area contributed by atoms with Crippen molar-refractivity contribution in [2.45, 2.75) is 45.3 Å². The van der Waals surface area contributed by atoms with Gasteiger partial charge >= 0.3 is 0 Å². The maximum atomic E-state index is 10.2. The van der Waals surface area contributed by atoms with Crippen LogP contribution in [0.3, 0.4) is 0 Å². The number of rotatable bonds is 7. The van der Waals surface area contributed by atoms with Crippen LogP contribution >= 0.6 is 11.6 Å². The molecular formula is C16H21ClN2O. The van der Waals surface area contributed by atoms with Crippen molar-refractivity contribution in [3.63, 3.8) is 0 Å². The van der Waals surface area contributed by atoms with E-state index in [0.29, 0.717) is 5.02 Å². The van der Waals surface area contributed by atoms with Gasteiger partial charge in [-0.15, -0.1) is 0 Å². The Balaban J connectivity index is 1.70. The molecule has 0 aliphatic carbocycles. The van der Waals surface area contributed by atoms with Crippen LogP contribution in [0.25, 0.3) is 0 Å². The molecule has 1 aromatic heterocycles. The molecule has 20 heavy (non-hydrogen) atoms. The Bertz CT molecular complexity index is 525. The first-order valence-corrected chi connectivity index (χ1v) is 7.44. The van der Waals surface area contributed by atoms with Crippen molar-refractivity contribution in [3.8, 4) is 0 Å². The van der Waals surface area contributed by atoms with Crippen molar-refractivity contribution >= 4 is 11.6 Å². The maximum Gasteiger partial charge on any atom is 0.0945 e. The van der Waals surface area contributed by atoms with Crippen molar-refractivity contribution in [1.29, 1.82) is 0 Å². The molecule has 0 saturated heterocycles. The fraction of sp³-hybridized carbons (Fsp3) is 0.438. The highest BCUT2D eigenvalue weighted by Crippen LogP contribution is 2.27. The van der Waals surface area contributed by atoms with Crippen LogP contribution in [0, 0.1) is 6.92 Å². The second-order valence-corrected chi connectivity index (χ2v) is 5.60. The van der Waals surface area contributed by atoms with E-state index in [4.69, 9.17) is 11.6 Å². The van der Waals surface area contributed by atoms with Crippen LogP contribution in [0.1, 0.15) is 42.9 Å². The van der Waals surface area contributed by atoms with Gasteiger partial charge < -0.3 is 9.67 Å². The third kappa shape index (κ3) is 4.36. The highest BCUT2D eigenvalue weighted by molar-refractivity contribution is 6.31. The van der Waals surface area contributed by atoms with Crippen molar-refractivity contribution in [2.75, 3.05) is 0 Å². The average Bonchev–Trinajstić information content (AvgIpc) is 2.91. The van der Waals surface area contributed by atoms with E-state index in [0.717, 1.165) is 43.4 Å². The lowest BCUT2D eigenvalue weighted by Crippen LogP contribution is -2.00. The van der Waals surface area contributed by atoms with Gasteiger partial charge in [0.05, 0.1) is 12.4 Å². The summed E-state index contributed by atoms with van der Waals surface area (Å²) in [7, 11) is 0. The molecule has 4 heteroatoms. The Morgan fingerprint density at radius 3 is 2.85 bits per heavy atom. The third-order valence-electron chi connectivity index (χ3n) is 3.47. The minimum absolute atomic E-state index is 0.462. The second-order valence-electron chi connectivity index (χ2n) is 5.19. The largest absolute Gasteiger partial charge is 0.388 e. The normalized spacial score (nSPS) is 12.6. The van der Waals surface area contributed by atoms with Gasteiger partial charge in [-0.05, 0) is 37.0 Å². The minimum Gasteiger partial charge on any atom is -0.388 e. The predicted molar refractivity (Wildman–Crippen MR) is 81.8 cm³/mol. The number of benzene rings is 1. The predicted octanol–water partition coefficient (Wildman–Crippen LogP) is 4.14. The molecule has 0 aliphatic heterocycles. The molecule has 1 aromatic carbocycles. The van der Waals surface area contributed by atoms with Gasteiger partial charge in [0.15, 0.2) is 0 Å². The van der Waals surface area contributed by atoms with Gasteiger partial charge in [0.2, 0.25) is 0 Å². The molecule has 1 unspecified atom stereocenters. The molecule has 0 aliphatic rings. The fourth-order valence-corrected chi connectivity index (χ4v) is 2.65. The van der Waals surface area contributed by atoms with Gasteiger partial charge in [-0.1, -0.05) is 36.6 Å². The number of aliphatic hydroxyl groups excluding tert-OH is 1. The summed E-state index contributed by atoms with van der Waals surface area (Å²) in [5.74, 6) is 0. The summed E-state index contributed by atoms with van der Waals surface area (Å²) < 4.78 is 2.08. The Morgan fingerprint density at radius 1 is 1.30 bits per heavy atom. The summed E-state index contributed by atoms with van der Waals surface area (Å²) in [6.07, 6.45) is 9.10. The number of halogens is 1. The Morgan fingerprint density at radius 2 is 2.15 bits per heavy atom. The number of imidazole rings is 1. The topological polar surface area (TPSA) is 38.0 Å². The van der Waals surface area contributed by atoms with E-state index in [9.17, 15) is 5.11 Å². The molecule has 2 aromatic rings. The molecule has 0 saturated carbocycles. The molecule has 2 rings (SSSR count). The van der Waals surface area contributed by atoms with Gasteiger partial charge in [0, 0.05) is 24.0 Å². The Kier molecular flexibility index (Phi) is 5.62. The molecule has 0 bridgehead atoms. The Hall–Kier alpha value is -1.32. The molecule has 1 heterocycles. The van der Waals surface area contributed by atoms with E-state index in [1.54, 1.807) is 6.20 Å². The number of aliphatic hydroxyl groups is 1. The number of hydrogen-bond donors (Lipinski definition) is 1. The summed E-state index contributed by atoms with van der Waals surface area (Å²) in [6.45, 7) is 2.99. The summed E-state index contributed by atoms with van der Waals surface area (Å²) in [6, 6.07) is 5.82. The van der Waals surface area contributed by atoms with Crippen molar-refractivity contribution in [2.24, 2.45) is 0 Å². The zero-order valence-electron chi connectivity index (χ0n) is 11.8. The zero-order chi connectivity index (χ0) is 14.4. The summed E-state index contributed by atoms with van der Waals surface area (Å²) in [4.78, 5) is 4.01. The first kappa shape index (κ1) is 15.1. The zero-order valence-corrected chi connectivity index (χ0v) is 12.6. The standard InChI is InChI=1S/C16H21ClN2O/c1-13-6-7-14(15(17)11-13)16(20)5-3-2-4-9-19-10-8-18-12-19/h6-8,10-12,16,20H,2-5,9H2,1H3. The number of aromatic nitrogens is 2. The van der Waals surface area contributed by atoms with Crippen molar-refractivity contribution < 1.29 is 5.11 Å². The van der Waals surface area contributed by atoms with Gasteiger partial charge in [0.25, 0.3) is 0 Å². The van der Waals surface area contributed by atoms with Crippen LogP contribution < -0.4 is 0 Å². The molecular weight excluding hydrogens is 272 g/mol. The first-order valence-electron chi connectivity index (χ1n) is 7.06. The van der Waals surface area contributed by atoms with E-state index >= 15 is 0 Å². The molecule has 0 radical (unpaired) electrons. The quantitative estimate of drug-likeness (QED) is 0.779. The van der Waals surface area contributed by atoms with Crippen LogP contribution in [-0.4, -0.2) is 14.7 Å². The lowest BCUT2D eigenvalue weighted by atomic mass is 10.0. The van der Waals surface area contributed by atoms with Gasteiger partial charge in [-0.25, -0.2) is 4.98 Å². The van der Waals surface area contributed by atoms with Crippen LogP contribution in [0.2, 0.25) is 5.02 Å². The van der Waals surface area contributed by atoms with Gasteiger partial charge in [-0.2, -0.15) is 0 Å². The van der Waals surface area contributed by atoms with E-state index in [2.05, 4.69) is 9.55 Å². The monoisotopic (exact) mass is 292 g/mol. The van der Waals surface area contributed by atoms with Crippen molar-refractivity contribution in [1.82, 2.24) is 9.55 Å². The SMILES string of the molecule is Cc1ccc(C(O)CCCCCn2ccnc2)c(Cl)c1. The van der Waals surface area contributed by atoms with Gasteiger partial charge in [0.1, 0.15) is 0 Å². The fourth-order valence-electron chi connectivity index (χ4n) is 2.29. The van der Waals surface area contributed by atoms with E-state index < -0.39 is 6.10 Å². The van der Waals surface area contributed by atoms with Crippen LogP contribution in [-0.2, 0) is 6.54 Å².